The summed E-state index contributed by atoms with van der Waals surface area (Å²) in [7, 11) is 0. The Morgan fingerprint density at radius 3 is 2.42 bits per heavy atom. The highest BCUT2D eigenvalue weighted by Crippen LogP contribution is 2.65. The standard InChI is InChI=1S/C22H16ClN3O5/c23-17-5-1-10(26(29)30)7-16(17)18-6-2-11(31-18)9-24-25-21(27)19-12-3-4-13(15-8-14(12)15)20(19)22(25)28/h1-7,9,12-15,19-20H,8H2/b24-9-/t12-,13-,14-,15-,19-,20+/m0/s1. The van der Waals surface area contributed by atoms with Crippen LogP contribution >= 0.6 is 11.6 Å². The molecule has 1 aromatic heterocycles. The molecule has 31 heavy (non-hydrogen) atoms. The highest BCUT2D eigenvalue weighted by molar-refractivity contribution is 6.33. The predicted octanol–water partition coefficient (Wildman–Crippen LogP) is 3.90. The summed E-state index contributed by atoms with van der Waals surface area (Å²) in [5.74, 6) is 0.869. The summed E-state index contributed by atoms with van der Waals surface area (Å²) in [6, 6.07) is 7.28. The van der Waals surface area contributed by atoms with E-state index in [4.69, 9.17) is 16.0 Å². The van der Waals surface area contributed by atoms with Crippen molar-refractivity contribution in [3.05, 3.63) is 63.4 Å². The second-order valence-electron chi connectivity index (χ2n) is 8.51. The number of hydrogen-bond acceptors (Lipinski definition) is 6. The molecule has 6 atom stereocenters. The van der Waals surface area contributed by atoms with Crippen LogP contribution in [0.25, 0.3) is 11.3 Å². The van der Waals surface area contributed by atoms with Crippen LogP contribution in [-0.4, -0.2) is 28.0 Å². The van der Waals surface area contributed by atoms with E-state index in [0.29, 0.717) is 33.9 Å². The van der Waals surface area contributed by atoms with Crippen molar-refractivity contribution >= 4 is 35.3 Å². The minimum absolute atomic E-state index is 0.108. The van der Waals surface area contributed by atoms with Gasteiger partial charge < -0.3 is 4.42 Å². The highest BCUT2D eigenvalue weighted by atomic mass is 35.5. The van der Waals surface area contributed by atoms with Gasteiger partial charge in [0, 0.05) is 17.7 Å². The molecule has 2 heterocycles. The van der Waals surface area contributed by atoms with E-state index in [1.54, 1.807) is 12.1 Å². The Morgan fingerprint density at radius 1 is 1.10 bits per heavy atom. The maximum Gasteiger partial charge on any atom is 0.270 e. The van der Waals surface area contributed by atoms with E-state index in [2.05, 4.69) is 17.3 Å². The number of nitrogens with zero attached hydrogens (tertiary/aromatic N) is 3. The van der Waals surface area contributed by atoms with Crippen LogP contribution in [0.15, 0.2) is 52.0 Å². The minimum atomic E-state index is -0.513. The first-order valence-electron chi connectivity index (χ1n) is 10.1. The van der Waals surface area contributed by atoms with Gasteiger partial charge in [-0.3, -0.25) is 19.7 Å². The number of nitro groups is 1. The maximum atomic E-state index is 12.9. The van der Waals surface area contributed by atoms with Gasteiger partial charge in [-0.2, -0.15) is 10.1 Å². The van der Waals surface area contributed by atoms with Gasteiger partial charge in [0.2, 0.25) is 0 Å². The quantitative estimate of drug-likeness (QED) is 0.237. The van der Waals surface area contributed by atoms with Gasteiger partial charge in [-0.25, -0.2) is 0 Å². The number of halogens is 1. The lowest BCUT2D eigenvalue weighted by molar-refractivity contribution is -0.384. The maximum absolute atomic E-state index is 12.9. The molecule has 5 aliphatic rings. The Labute approximate surface area is 181 Å². The number of rotatable bonds is 4. The van der Waals surface area contributed by atoms with Gasteiger partial charge in [-0.1, -0.05) is 23.8 Å². The third-order valence-corrected chi connectivity index (χ3v) is 7.32. The van der Waals surface area contributed by atoms with Gasteiger partial charge in [0.05, 0.1) is 28.0 Å². The Bertz CT molecular complexity index is 1180. The Morgan fingerprint density at radius 2 is 1.77 bits per heavy atom. The van der Waals surface area contributed by atoms with Crippen LogP contribution in [0, 0.1) is 45.6 Å². The molecule has 0 unspecified atom stereocenters. The monoisotopic (exact) mass is 437 g/mol. The van der Waals surface area contributed by atoms with Crippen molar-refractivity contribution in [1.82, 2.24) is 5.01 Å². The first kappa shape index (κ1) is 18.5. The fourth-order valence-corrected chi connectivity index (χ4v) is 5.76. The van der Waals surface area contributed by atoms with Crippen LogP contribution in [0.3, 0.4) is 0 Å². The Balaban J connectivity index is 1.25. The summed E-state index contributed by atoms with van der Waals surface area (Å²) in [6.07, 6.45) is 6.65. The van der Waals surface area contributed by atoms with Crippen LogP contribution in [0.1, 0.15) is 12.2 Å². The molecule has 2 bridgehead atoms. The summed E-state index contributed by atoms with van der Waals surface area (Å²) in [5, 5.41) is 16.5. The lowest BCUT2D eigenvalue weighted by atomic mass is 9.63. The molecular weight excluding hydrogens is 422 g/mol. The SMILES string of the molecule is O=C1[C@@H]2[C@H]3C=C[C@@H]([C@@H]4C[C@@H]34)[C@@H]2C(=O)N1/N=C\c1ccc(-c2cc([N+](=O)[O-])ccc2Cl)o1. The molecule has 9 heteroatoms. The van der Waals surface area contributed by atoms with E-state index >= 15 is 0 Å². The largest absolute Gasteiger partial charge is 0.455 e. The zero-order chi connectivity index (χ0) is 21.4. The highest BCUT2D eigenvalue weighted by Gasteiger charge is 2.67. The number of hydrazone groups is 1. The molecule has 4 aliphatic carbocycles. The van der Waals surface area contributed by atoms with Crippen LogP contribution < -0.4 is 0 Å². The van der Waals surface area contributed by atoms with Crippen molar-refractivity contribution in [2.75, 3.05) is 0 Å². The molecule has 0 spiro atoms. The molecule has 0 N–H and O–H groups in total. The Kier molecular flexibility index (Phi) is 3.80. The van der Waals surface area contributed by atoms with Crippen LogP contribution in [0.2, 0.25) is 5.02 Å². The molecule has 1 aromatic carbocycles. The van der Waals surface area contributed by atoms with Gasteiger partial charge in [0.15, 0.2) is 0 Å². The van der Waals surface area contributed by atoms with Gasteiger partial charge in [-0.15, -0.1) is 0 Å². The third-order valence-electron chi connectivity index (χ3n) is 6.99. The van der Waals surface area contributed by atoms with E-state index in [-0.39, 0.29) is 41.2 Å². The predicted molar refractivity (Wildman–Crippen MR) is 110 cm³/mol. The first-order valence-corrected chi connectivity index (χ1v) is 10.5. The number of allylic oxidation sites excluding steroid dienone is 2. The van der Waals surface area contributed by atoms with Crippen LogP contribution in [0.5, 0.6) is 0 Å². The van der Waals surface area contributed by atoms with Gasteiger partial charge in [0.25, 0.3) is 17.5 Å². The molecule has 0 radical (unpaired) electrons. The molecule has 3 fully saturated rings. The zero-order valence-electron chi connectivity index (χ0n) is 16.1. The van der Waals surface area contributed by atoms with E-state index in [0.717, 1.165) is 11.4 Å². The van der Waals surface area contributed by atoms with Gasteiger partial charge in [0.1, 0.15) is 11.5 Å². The lowest BCUT2D eigenvalue weighted by Crippen LogP contribution is -2.40. The average Bonchev–Trinajstić information content (AvgIpc) is 3.40. The molecule has 156 valence electrons. The molecule has 2 aromatic rings. The van der Waals surface area contributed by atoms with Gasteiger partial charge >= 0.3 is 0 Å². The number of imide groups is 1. The van der Waals surface area contributed by atoms with Crippen molar-refractivity contribution in [3.63, 3.8) is 0 Å². The lowest BCUT2D eigenvalue weighted by Gasteiger charge is -2.37. The van der Waals surface area contributed by atoms with Crippen LogP contribution in [0.4, 0.5) is 5.69 Å². The number of non-ortho nitro benzene ring substituents is 1. The average molecular weight is 438 g/mol. The molecule has 7 rings (SSSR count). The van der Waals surface area contributed by atoms with Crippen molar-refractivity contribution in [2.24, 2.45) is 40.6 Å². The number of benzene rings is 1. The molecule has 1 saturated heterocycles. The van der Waals surface area contributed by atoms with Crippen molar-refractivity contribution < 1.29 is 18.9 Å². The summed E-state index contributed by atoms with van der Waals surface area (Å²) in [5.41, 5.74) is 0.264. The zero-order valence-corrected chi connectivity index (χ0v) is 16.8. The smallest absolute Gasteiger partial charge is 0.270 e. The molecule has 8 nitrogen and oxygen atoms in total. The molecule has 2 amide bonds. The van der Waals surface area contributed by atoms with E-state index in [1.807, 2.05) is 0 Å². The van der Waals surface area contributed by atoms with Crippen molar-refractivity contribution in [3.8, 4) is 11.3 Å². The minimum Gasteiger partial charge on any atom is -0.455 e. The number of amides is 2. The Hall–Kier alpha value is -3.26. The van der Waals surface area contributed by atoms with Crippen molar-refractivity contribution in [1.29, 1.82) is 0 Å². The third kappa shape index (κ3) is 2.64. The second-order valence-corrected chi connectivity index (χ2v) is 8.92. The normalized spacial score (nSPS) is 32.6. The molecule has 1 aliphatic heterocycles. The van der Waals surface area contributed by atoms with E-state index in [1.165, 1.54) is 24.4 Å². The fourth-order valence-electron chi connectivity index (χ4n) is 5.55. The topological polar surface area (TPSA) is 106 Å². The number of carbonyl (C=O) groups is 2. The van der Waals surface area contributed by atoms with E-state index in [9.17, 15) is 19.7 Å². The fraction of sp³-hybridized carbons (Fsp3) is 0.318. The number of nitro benzene ring substituents is 1. The summed E-state index contributed by atoms with van der Waals surface area (Å²) in [4.78, 5) is 36.4. The summed E-state index contributed by atoms with van der Waals surface area (Å²) < 4.78 is 5.69. The number of carbonyl (C=O) groups excluding carboxylic acids is 2. The van der Waals surface area contributed by atoms with Crippen molar-refractivity contribution in [2.45, 2.75) is 6.42 Å². The summed E-state index contributed by atoms with van der Waals surface area (Å²) in [6.45, 7) is 0. The van der Waals surface area contributed by atoms with E-state index < -0.39 is 4.92 Å². The number of furan rings is 1. The summed E-state index contributed by atoms with van der Waals surface area (Å²) >= 11 is 6.16. The van der Waals surface area contributed by atoms with Gasteiger partial charge in [-0.05, 0) is 48.3 Å². The number of hydrogen-bond donors (Lipinski definition) is 0. The molecular formula is C22H16ClN3O5. The first-order chi connectivity index (χ1) is 14.9. The van der Waals surface area contributed by atoms with Crippen LogP contribution in [-0.2, 0) is 9.59 Å². The second kappa shape index (κ2) is 6.37. The molecule has 2 saturated carbocycles.